The van der Waals surface area contributed by atoms with Gasteiger partial charge in [-0.15, -0.1) is 0 Å². The van der Waals surface area contributed by atoms with Crippen LogP contribution in [-0.4, -0.2) is 9.55 Å². The van der Waals surface area contributed by atoms with Gasteiger partial charge in [0.15, 0.2) is 0 Å². The normalized spacial score (nSPS) is 10.9. The van der Waals surface area contributed by atoms with E-state index in [1.165, 1.54) is 11.3 Å². The fourth-order valence-corrected chi connectivity index (χ4v) is 1.65. The van der Waals surface area contributed by atoms with Crippen LogP contribution in [0.25, 0.3) is 5.69 Å². The molecule has 0 aliphatic carbocycles. The van der Waals surface area contributed by atoms with Crippen LogP contribution in [0.4, 0.5) is 0 Å². The molecular weight excluding hydrogens is 184 g/mol. The van der Waals surface area contributed by atoms with Gasteiger partial charge in [0.2, 0.25) is 0 Å². The van der Waals surface area contributed by atoms with Gasteiger partial charge in [0.1, 0.15) is 0 Å². The highest BCUT2D eigenvalue weighted by Crippen LogP contribution is 2.17. The standard InChI is InChI=1S/C13H16N2/c1-10(2)12-4-6-13(7-5-12)15-9-14-8-11(15)3/h4-10H,1-3H3. The number of aryl methyl sites for hydroxylation is 1. The number of hydrogen-bond donors (Lipinski definition) is 0. The quantitative estimate of drug-likeness (QED) is 0.727. The lowest BCUT2D eigenvalue weighted by atomic mass is 10.0. The molecule has 2 heteroatoms. The molecule has 15 heavy (non-hydrogen) atoms. The number of rotatable bonds is 2. The summed E-state index contributed by atoms with van der Waals surface area (Å²) in [6.07, 6.45) is 3.72. The Morgan fingerprint density at radius 3 is 2.27 bits per heavy atom. The summed E-state index contributed by atoms with van der Waals surface area (Å²) in [6.45, 7) is 6.47. The second kappa shape index (κ2) is 3.89. The maximum absolute atomic E-state index is 4.12. The summed E-state index contributed by atoms with van der Waals surface area (Å²) in [5.74, 6) is 0.586. The van der Waals surface area contributed by atoms with Gasteiger partial charge in [-0.3, -0.25) is 0 Å². The highest BCUT2D eigenvalue weighted by Gasteiger charge is 2.01. The molecule has 1 heterocycles. The molecule has 0 N–H and O–H groups in total. The molecule has 0 saturated carbocycles. The van der Waals surface area contributed by atoms with Crippen molar-refractivity contribution in [3.8, 4) is 5.69 Å². The van der Waals surface area contributed by atoms with Crippen molar-refractivity contribution < 1.29 is 0 Å². The van der Waals surface area contributed by atoms with Crippen molar-refractivity contribution >= 4 is 0 Å². The van der Waals surface area contributed by atoms with E-state index in [-0.39, 0.29) is 0 Å². The van der Waals surface area contributed by atoms with Crippen LogP contribution < -0.4 is 0 Å². The first-order valence-corrected chi connectivity index (χ1v) is 5.28. The number of benzene rings is 1. The minimum absolute atomic E-state index is 0.586. The Balaban J connectivity index is 2.36. The Morgan fingerprint density at radius 1 is 1.13 bits per heavy atom. The van der Waals surface area contributed by atoms with Crippen molar-refractivity contribution in [2.75, 3.05) is 0 Å². The number of hydrogen-bond acceptors (Lipinski definition) is 1. The summed E-state index contributed by atoms with van der Waals surface area (Å²) in [5.41, 5.74) is 3.71. The zero-order chi connectivity index (χ0) is 10.8. The molecule has 0 amide bonds. The van der Waals surface area contributed by atoms with E-state index < -0.39 is 0 Å². The lowest BCUT2D eigenvalue weighted by molar-refractivity contribution is 0.864. The minimum atomic E-state index is 0.586. The molecule has 0 aliphatic heterocycles. The Kier molecular flexibility index (Phi) is 2.58. The lowest BCUT2D eigenvalue weighted by Gasteiger charge is -2.08. The summed E-state index contributed by atoms with van der Waals surface area (Å²) < 4.78 is 2.09. The van der Waals surface area contributed by atoms with E-state index in [9.17, 15) is 0 Å². The van der Waals surface area contributed by atoms with Crippen molar-refractivity contribution in [3.63, 3.8) is 0 Å². The van der Waals surface area contributed by atoms with E-state index in [4.69, 9.17) is 0 Å². The number of nitrogens with zero attached hydrogens (tertiary/aromatic N) is 2. The molecule has 0 fully saturated rings. The Bertz CT molecular complexity index is 438. The van der Waals surface area contributed by atoms with Crippen LogP contribution in [0.2, 0.25) is 0 Å². The molecule has 2 rings (SSSR count). The van der Waals surface area contributed by atoms with Crippen molar-refractivity contribution in [1.29, 1.82) is 0 Å². The molecule has 0 aliphatic rings. The van der Waals surface area contributed by atoms with Gasteiger partial charge in [0.05, 0.1) is 6.33 Å². The van der Waals surface area contributed by atoms with Gasteiger partial charge < -0.3 is 4.57 Å². The van der Waals surface area contributed by atoms with Gasteiger partial charge >= 0.3 is 0 Å². The van der Waals surface area contributed by atoms with E-state index in [2.05, 4.69) is 54.6 Å². The summed E-state index contributed by atoms with van der Waals surface area (Å²) in [6, 6.07) is 8.65. The topological polar surface area (TPSA) is 17.8 Å². The molecule has 2 aromatic rings. The van der Waals surface area contributed by atoms with Gasteiger partial charge in [-0.2, -0.15) is 0 Å². The van der Waals surface area contributed by atoms with Crippen LogP contribution in [0, 0.1) is 6.92 Å². The highest BCUT2D eigenvalue weighted by atomic mass is 15.0. The minimum Gasteiger partial charge on any atom is -0.304 e. The first-order chi connectivity index (χ1) is 7.18. The molecule has 0 spiro atoms. The number of imidazole rings is 1. The molecule has 1 aromatic carbocycles. The molecule has 0 unspecified atom stereocenters. The smallest absolute Gasteiger partial charge is 0.0994 e. The van der Waals surface area contributed by atoms with E-state index >= 15 is 0 Å². The van der Waals surface area contributed by atoms with E-state index in [0.29, 0.717) is 5.92 Å². The van der Waals surface area contributed by atoms with Crippen molar-refractivity contribution in [3.05, 3.63) is 48.0 Å². The molecule has 0 bridgehead atoms. The predicted molar refractivity (Wildman–Crippen MR) is 62.4 cm³/mol. The maximum atomic E-state index is 4.12. The molecule has 0 radical (unpaired) electrons. The fraction of sp³-hybridized carbons (Fsp3) is 0.308. The third kappa shape index (κ3) is 1.94. The summed E-state index contributed by atoms with van der Waals surface area (Å²) >= 11 is 0. The average Bonchev–Trinajstić information content (AvgIpc) is 2.65. The molecule has 0 atom stereocenters. The van der Waals surface area contributed by atoms with Gasteiger partial charge in [-0.25, -0.2) is 4.98 Å². The third-order valence-corrected chi connectivity index (χ3v) is 2.66. The van der Waals surface area contributed by atoms with Crippen LogP contribution in [-0.2, 0) is 0 Å². The monoisotopic (exact) mass is 200 g/mol. The zero-order valence-corrected chi connectivity index (χ0v) is 9.44. The van der Waals surface area contributed by atoms with Crippen molar-refractivity contribution in [2.45, 2.75) is 26.7 Å². The lowest BCUT2D eigenvalue weighted by Crippen LogP contribution is -1.95. The first-order valence-electron chi connectivity index (χ1n) is 5.28. The van der Waals surface area contributed by atoms with E-state index in [0.717, 1.165) is 5.69 Å². The van der Waals surface area contributed by atoms with Crippen molar-refractivity contribution in [2.24, 2.45) is 0 Å². The average molecular weight is 200 g/mol. The molecule has 2 nitrogen and oxygen atoms in total. The molecule has 1 aromatic heterocycles. The van der Waals surface area contributed by atoms with Crippen LogP contribution >= 0.6 is 0 Å². The SMILES string of the molecule is Cc1cncn1-c1ccc(C(C)C)cc1. The first kappa shape index (κ1) is 9.97. The van der Waals surface area contributed by atoms with Gasteiger partial charge in [0.25, 0.3) is 0 Å². The highest BCUT2D eigenvalue weighted by molar-refractivity contribution is 5.36. The van der Waals surface area contributed by atoms with Crippen LogP contribution in [0.3, 0.4) is 0 Å². The van der Waals surface area contributed by atoms with Crippen LogP contribution in [0.5, 0.6) is 0 Å². The largest absolute Gasteiger partial charge is 0.304 e. The molecular formula is C13H16N2. The number of aromatic nitrogens is 2. The summed E-state index contributed by atoms with van der Waals surface area (Å²) in [7, 11) is 0. The maximum Gasteiger partial charge on any atom is 0.0994 e. The van der Waals surface area contributed by atoms with Crippen molar-refractivity contribution in [1.82, 2.24) is 9.55 Å². The second-order valence-corrected chi connectivity index (χ2v) is 4.15. The van der Waals surface area contributed by atoms with Gasteiger partial charge in [0, 0.05) is 17.6 Å². The molecule has 0 saturated heterocycles. The molecule has 78 valence electrons. The van der Waals surface area contributed by atoms with Crippen LogP contribution in [0.1, 0.15) is 31.0 Å². The second-order valence-electron chi connectivity index (χ2n) is 4.15. The van der Waals surface area contributed by atoms with E-state index in [1.807, 2.05) is 12.5 Å². The van der Waals surface area contributed by atoms with Gasteiger partial charge in [-0.05, 0) is 30.5 Å². The zero-order valence-electron chi connectivity index (χ0n) is 9.44. The predicted octanol–water partition coefficient (Wildman–Crippen LogP) is 3.30. The third-order valence-electron chi connectivity index (χ3n) is 2.66. The van der Waals surface area contributed by atoms with Gasteiger partial charge in [-0.1, -0.05) is 26.0 Å². The Labute approximate surface area is 90.6 Å². The Morgan fingerprint density at radius 2 is 1.80 bits per heavy atom. The van der Waals surface area contributed by atoms with E-state index in [1.54, 1.807) is 0 Å². The van der Waals surface area contributed by atoms with Crippen LogP contribution in [0.15, 0.2) is 36.8 Å². The summed E-state index contributed by atoms with van der Waals surface area (Å²) in [4.78, 5) is 4.12. The summed E-state index contributed by atoms with van der Waals surface area (Å²) in [5, 5.41) is 0. The Hall–Kier alpha value is -1.57. The fourth-order valence-electron chi connectivity index (χ4n) is 1.65.